The Bertz CT molecular complexity index is 346. The van der Waals surface area contributed by atoms with Crippen LogP contribution in [0.25, 0.3) is 0 Å². The Morgan fingerprint density at radius 2 is 2.19 bits per heavy atom. The summed E-state index contributed by atoms with van der Waals surface area (Å²) in [5.41, 5.74) is 0. The fourth-order valence-corrected chi connectivity index (χ4v) is 2.98. The summed E-state index contributed by atoms with van der Waals surface area (Å²) < 4.78 is 31.4. The molecule has 2 unspecified atom stereocenters. The topological polar surface area (TPSA) is 84.5 Å². The molecule has 0 aromatic rings. The number of hydrogen-bond acceptors (Lipinski definition) is 4. The molecule has 6 nitrogen and oxygen atoms in total. The lowest BCUT2D eigenvalue weighted by atomic mass is 10.3. The minimum atomic E-state index is -3.88. The molecule has 94 valence electrons. The Labute approximate surface area is 99.9 Å². The van der Waals surface area contributed by atoms with Gasteiger partial charge >= 0.3 is 16.3 Å². The Morgan fingerprint density at radius 1 is 1.50 bits per heavy atom. The van der Waals surface area contributed by atoms with Gasteiger partial charge in [-0.05, 0) is 19.8 Å². The van der Waals surface area contributed by atoms with E-state index < -0.39 is 16.3 Å². The van der Waals surface area contributed by atoms with E-state index in [0.717, 1.165) is 12.8 Å². The second-order valence-electron chi connectivity index (χ2n) is 3.50. The van der Waals surface area contributed by atoms with Gasteiger partial charge in [0.2, 0.25) is 0 Å². The fraction of sp³-hybridized carbons (Fsp3) is 0.875. The van der Waals surface area contributed by atoms with Crippen molar-refractivity contribution in [3.63, 3.8) is 0 Å². The summed E-state index contributed by atoms with van der Waals surface area (Å²) in [5.74, 6) is 0. The van der Waals surface area contributed by atoms with Crippen LogP contribution in [0.5, 0.6) is 0 Å². The molecular formula is C8H15ClN2O4S. The van der Waals surface area contributed by atoms with E-state index in [0.29, 0.717) is 6.42 Å². The summed E-state index contributed by atoms with van der Waals surface area (Å²) in [6.45, 7) is 1.70. The maximum Gasteiger partial charge on any atom is 0.421 e. The van der Waals surface area contributed by atoms with Crippen molar-refractivity contribution < 1.29 is 17.9 Å². The summed E-state index contributed by atoms with van der Waals surface area (Å²) in [7, 11) is -3.88. The van der Waals surface area contributed by atoms with Crippen molar-refractivity contribution in [3.05, 3.63) is 0 Å². The molecule has 1 aliphatic carbocycles. The number of carbonyl (C=O) groups is 1. The molecule has 0 spiro atoms. The van der Waals surface area contributed by atoms with Crippen molar-refractivity contribution in [2.45, 2.75) is 37.6 Å². The van der Waals surface area contributed by atoms with Crippen LogP contribution in [0.4, 0.5) is 4.79 Å². The lowest BCUT2D eigenvalue weighted by molar-refractivity contribution is 0.158. The molecule has 8 heteroatoms. The molecule has 1 amide bonds. The van der Waals surface area contributed by atoms with Gasteiger partial charge in [-0.2, -0.15) is 13.1 Å². The molecule has 1 fully saturated rings. The molecule has 0 bridgehead atoms. The first-order chi connectivity index (χ1) is 7.44. The third kappa shape index (κ3) is 4.15. The van der Waals surface area contributed by atoms with E-state index in [1.54, 1.807) is 11.6 Å². The highest BCUT2D eigenvalue weighted by Crippen LogP contribution is 2.24. The third-order valence-corrected chi connectivity index (χ3v) is 3.80. The summed E-state index contributed by atoms with van der Waals surface area (Å²) >= 11 is 5.91. The number of ether oxygens (including phenoxy) is 1. The number of amides is 1. The molecule has 16 heavy (non-hydrogen) atoms. The van der Waals surface area contributed by atoms with Crippen molar-refractivity contribution in [1.29, 1.82) is 0 Å². The summed E-state index contributed by atoms with van der Waals surface area (Å²) in [4.78, 5) is 10.9. The van der Waals surface area contributed by atoms with Crippen molar-refractivity contribution in [2.75, 3.05) is 6.61 Å². The molecule has 2 N–H and O–H groups in total. The average molecular weight is 271 g/mol. The lowest BCUT2D eigenvalue weighted by Gasteiger charge is -2.15. The summed E-state index contributed by atoms with van der Waals surface area (Å²) in [6.07, 6.45) is 1.34. The standard InChI is InChI=1S/C8H15ClN2O4S/c1-2-15-8(12)11-16(13,14)10-7-5-3-4-6(7)9/h6-7,10H,2-5H2,1H3,(H,11,12). The van der Waals surface area contributed by atoms with Crippen LogP contribution in [-0.4, -0.2) is 32.5 Å². The van der Waals surface area contributed by atoms with Crippen LogP contribution in [0.1, 0.15) is 26.2 Å². The maximum absolute atomic E-state index is 11.4. The summed E-state index contributed by atoms with van der Waals surface area (Å²) in [5, 5.41) is -0.223. The van der Waals surface area contributed by atoms with Gasteiger partial charge in [0.1, 0.15) is 0 Å². The zero-order valence-electron chi connectivity index (χ0n) is 8.90. The minimum Gasteiger partial charge on any atom is -0.449 e. The molecule has 1 aliphatic rings. The molecule has 0 heterocycles. The van der Waals surface area contributed by atoms with E-state index in [1.807, 2.05) is 0 Å². The van der Waals surface area contributed by atoms with Crippen LogP contribution in [0, 0.1) is 0 Å². The van der Waals surface area contributed by atoms with Gasteiger partial charge in [-0.3, -0.25) is 0 Å². The van der Waals surface area contributed by atoms with E-state index >= 15 is 0 Å². The Hall–Kier alpha value is -0.530. The van der Waals surface area contributed by atoms with E-state index in [9.17, 15) is 13.2 Å². The number of hydrogen-bond donors (Lipinski definition) is 2. The van der Waals surface area contributed by atoms with Gasteiger partial charge in [0.25, 0.3) is 0 Å². The highest BCUT2D eigenvalue weighted by molar-refractivity contribution is 7.88. The molecule has 1 saturated carbocycles. The van der Waals surface area contributed by atoms with Gasteiger partial charge in [-0.15, -0.1) is 11.6 Å². The zero-order valence-corrected chi connectivity index (χ0v) is 10.5. The van der Waals surface area contributed by atoms with Crippen LogP contribution in [0.2, 0.25) is 0 Å². The van der Waals surface area contributed by atoms with Gasteiger partial charge in [0, 0.05) is 6.04 Å². The van der Waals surface area contributed by atoms with E-state index in [-0.39, 0.29) is 18.0 Å². The first-order valence-corrected chi connectivity index (χ1v) is 6.97. The third-order valence-electron chi connectivity index (χ3n) is 2.23. The molecule has 0 aliphatic heterocycles. The Morgan fingerprint density at radius 3 is 2.69 bits per heavy atom. The van der Waals surface area contributed by atoms with Crippen LogP contribution in [0.15, 0.2) is 0 Å². The smallest absolute Gasteiger partial charge is 0.421 e. The molecule has 0 radical (unpaired) electrons. The van der Waals surface area contributed by atoms with Gasteiger partial charge in [-0.1, -0.05) is 6.42 Å². The number of alkyl halides is 1. The van der Waals surface area contributed by atoms with E-state index in [2.05, 4.69) is 9.46 Å². The SMILES string of the molecule is CCOC(=O)NS(=O)(=O)NC1CCCC1Cl. The first kappa shape index (κ1) is 13.5. The molecule has 0 aromatic carbocycles. The van der Waals surface area contributed by atoms with E-state index in [1.165, 1.54) is 0 Å². The monoisotopic (exact) mass is 270 g/mol. The highest BCUT2D eigenvalue weighted by Gasteiger charge is 2.29. The number of halogens is 1. The number of nitrogens with one attached hydrogen (secondary N) is 2. The quantitative estimate of drug-likeness (QED) is 0.738. The van der Waals surface area contributed by atoms with E-state index in [4.69, 9.17) is 11.6 Å². The fourth-order valence-electron chi connectivity index (χ4n) is 1.55. The molecule has 1 rings (SSSR count). The van der Waals surface area contributed by atoms with Crippen LogP contribution in [-0.2, 0) is 14.9 Å². The Balaban J connectivity index is 2.48. The molecular weight excluding hydrogens is 256 g/mol. The molecule has 0 saturated heterocycles. The number of rotatable bonds is 4. The molecule has 2 atom stereocenters. The normalized spacial score (nSPS) is 25.4. The van der Waals surface area contributed by atoms with Crippen molar-refractivity contribution in [3.8, 4) is 0 Å². The summed E-state index contributed by atoms with van der Waals surface area (Å²) in [6, 6.07) is -0.325. The zero-order chi connectivity index (χ0) is 12.2. The number of carbonyl (C=O) groups excluding carboxylic acids is 1. The highest BCUT2D eigenvalue weighted by atomic mass is 35.5. The maximum atomic E-state index is 11.4. The van der Waals surface area contributed by atoms with Gasteiger partial charge in [-0.25, -0.2) is 9.52 Å². The van der Waals surface area contributed by atoms with Crippen molar-refractivity contribution in [1.82, 2.24) is 9.44 Å². The largest absolute Gasteiger partial charge is 0.449 e. The molecule has 0 aromatic heterocycles. The second-order valence-corrected chi connectivity index (χ2v) is 5.50. The first-order valence-electron chi connectivity index (χ1n) is 5.05. The average Bonchev–Trinajstić information content (AvgIpc) is 2.50. The predicted octanol–water partition coefficient (Wildman–Crippen LogP) is 0.727. The minimum absolute atomic E-state index is 0.114. The Kier molecular flexibility index (Phi) is 4.82. The van der Waals surface area contributed by atoms with Crippen LogP contribution in [0.3, 0.4) is 0 Å². The van der Waals surface area contributed by atoms with Crippen molar-refractivity contribution in [2.24, 2.45) is 0 Å². The van der Waals surface area contributed by atoms with Crippen LogP contribution >= 0.6 is 11.6 Å². The van der Waals surface area contributed by atoms with Gasteiger partial charge in [0.05, 0.1) is 12.0 Å². The predicted molar refractivity (Wildman–Crippen MR) is 59.5 cm³/mol. The lowest BCUT2D eigenvalue weighted by Crippen LogP contribution is -2.46. The van der Waals surface area contributed by atoms with Crippen LogP contribution < -0.4 is 9.44 Å². The van der Waals surface area contributed by atoms with Gasteiger partial charge < -0.3 is 4.74 Å². The van der Waals surface area contributed by atoms with Gasteiger partial charge in [0.15, 0.2) is 0 Å². The second kappa shape index (κ2) is 5.70. The van der Waals surface area contributed by atoms with Crippen molar-refractivity contribution >= 4 is 27.9 Å².